The number of carbonyl (C=O) groups is 3. The molecule has 0 saturated carbocycles. The van der Waals surface area contributed by atoms with Crippen molar-refractivity contribution in [2.24, 2.45) is 5.14 Å². The second kappa shape index (κ2) is 11.3. The lowest BCUT2D eigenvalue weighted by molar-refractivity contribution is -0.120. The fourth-order valence-corrected chi connectivity index (χ4v) is 4.36. The van der Waals surface area contributed by atoms with Crippen molar-refractivity contribution in [1.82, 2.24) is 20.1 Å². The van der Waals surface area contributed by atoms with Crippen LogP contribution in [0.25, 0.3) is 0 Å². The summed E-state index contributed by atoms with van der Waals surface area (Å²) in [5.41, 5.74) is 1.23. The fraction of sp³-hybridized carbons (Fsp3) is 0.400. The number of nitrogens with two attached hydrogens (primary N) is 1. The number of nitrogens with zero attached hydrogens (tertiary/aromatic N) is 3. The standard InChI is InChI=1S/C20H26N6O6S2/c1-2-32-20(29)26-9-7-25(8-10-26)19(28)24-18-23-15(13-33-18)11-17(27)22-12-14-3-5-16(6-4-14)34(21,30)31/h3-6,13H,2,7-12H2,1H3,(H,22,27)(H2,21,30,31)(H,23,24,28). The van der Waals surface area contributed by atoms with E-state index in [9.17, 15) is 22.8 Å². The molecular weight excluding hydrogens is 484 g/mol. The smallest absolute Gasteiger partial charge is 0.409 e. The molecule has 0 unspecified atom stereocenters. The zero-order valence-corrected chi connectivity index (χ0v) is 20.2. The van der Waals surface area contributed by atoms with E-state index >= 15 is 0 Å². The van der Waals surface area contributed by atoms with Gasteiger partial charge in [0.05, 0.1) is 23.6 Å². The lowest BCUT2D eigenvalue weighted by Crippen LogP contribution is -2.51. The average Bonchev–Trinajstić information content (AvgIpc) is 3.24. The van der Waals surface area contributed by atoms with Crippen molar-refractivity contribution in [2.75, 3.05) is 38.1 Å². The number of rotatable bonds is 7. The lowest BCUT2D eigenvalue weighted by Gasteiger charge is -2.33. The number of hydrogen-bond acceptors (Lipinski definition) is 8. The Kier molecular flexibility index (Phi) is 8.41. The van der Waals surface area contributed by atoms with Gasteiger partial charge in [0.1, 0.15) is 0 Å². The summed E-state index contributed by atoms with van der Waals surface area (Å²) < 4.78 is 27.5. The van der Waals surface area contributed by atoms with Crippen LogP contribution in [0.1, 0.15) is 18.2 Å². The molecule has 184 valence electrons. The Morgan fingerprint density at radius 2 is 1.76 bits per heavy atom. The molecule has 1 aliphatic heterocycles. The number of thiazole rings is 1. The normalized spacial score (nSPS) is 13.9. The third kappa shape index (κ3) is 7.13. The summed E-state index contributed by atoms with van der Waals surface area (Å²) in [7, 11) is -3.76. The van der Waals surface area contributed by atoms with Gasteiger partial charge in [-0.3, -0.25) is 10.1 Å². The number of piperazine rings is 1. The van der Waals surface area contributed by atoms with Gasteiger partial charge >= 0.3 is 12.1 Å². The Bertz CT molecular complexity index is 1130. The number of carbonyl (C=O) groups excluding carboxylic acids is 3. The molecule has 2 aromatic rings. The van der Waals surface area contributed by atoms with Crippen LogP contribution in [0.3, 0.4) is 0 Å². The second-order valence-electron chi connectivity index (χ2n) is 7.39. The predicted octanol–water partition coefficient (Wildman–Crippen LogP) is 0.955. The largest absolute Gasteiger partial charge is 0.450 e. The monoisotopic (exact) mass is 510 g/mol. The summed E-state index contributed by atoms with van der Waals surface area (Å²) in [4.78, 5) is 43.9. The van der Waals surface area contributed by atoms with E-state index in [2.05, 4.69) is 15.6 Å². The maximum absolute atomic E-state index is 12.5. The Labute approximate surface area is 201 Å². The Morgan fingerprint density at radius 3 is 2.38 bits per heavy atom. The number of benzene rings is 1. The maximum Gasteiger partial charge on any atom is 0.409 e. The first-order valence-corrected chi connectivity index (χ1v) is 12.9. The van der Waals surface area contributed by atoms with Crippen LogP contribution in [-0.4, -0.2) is 74.0 Å². The van der Waals surface area contributed by atoms with Crippen LogP contribution >= 0.6 is 11.3 Å². The van der Waals surface area contributed by atoms with E-state index in [1.165, 1.54) is 23.5 Å². The number of aromatic nitrogens is 1. The van der Waals surface area contributed by atoms with Crippen molar-refractivity contribution in [2.45, 2.75) is 24.8 Å². The topological polar surface area (TPSA) is 164 Å². The quantitative estimate of drug-likeness (QED) is 0.499. The molecule has 1 aromatic carbocycles. The van der Waals surface area contributed by atoms with E-state index in [0.717, 1.165) is 5.56 Å². The molecule has 14 heteroatoms. The zero-order valence-electron chi connectivity index (χ0n) is 18.5. The zero-order chi connectivity index (χ0) is 24.7. The summed E-state index contributed by atoms with van der Waals surface area (Å²) >= 11 is 1.21. The molecule has 2 heterocycles. The molecule has 3 rings (SSSR count). The highest BCUT2D eigenvalue weighted by atomic mass is 32.2. The molecule has 1 aromatic heterocycles. The minimum Gasteiger partial charge on any atom is -0.450 e. The van der Waals surface area contributed by atoms with Crippen LogP contribution in [-0.2, 0) is 32.5 Å². The fourth-order valence-electron chi connectivity index (χ4n) is 3.15. The minimum atomic E-state index is -3.76. The van der Waals surface area contributed by atoms with Gasteiger partial charge in [-0.2, -0.15) is 0 Å². The number of ether oxygens (including phenoxy) is 1. The molecule has 0 radical (unpaired) electrons. The van der Waals surface area contributed by atoms with Crippen LogP contribution in [0.5, 0.6) is 0 Å². The van der Waals surface area contributed by atoms with E-state index in [4.69, 9.17) is 9.88 Å². The first-order chi connectivity index (χ1) is 16.2. The highest BCUT2D eigenvalue weighted by molar-refractivity contribution is 7.89. The van der Waals surface area contributed by atoms with Crippen molar-refractivity contribution < 1.29 is 27.5 Å². The van der Waals surface area contributed by atoms with Gasteiger partial charge in [-0.25, -0.2) is 28.1 Å². The van der Waals surface area contributed by atoms with E-state index in [0.29, 0.717) is 43.6 Å². The van der Waals surface area contributed by atoms with Crippen LogP contribution in [0.15, 0.2) is 34.5 Å². The minimum absolute atomic E-state index is 0.000467. The van der Waals surface area contributed by atoms with Crippen molar-refractivity contribution in [3.63, 3.8) is 0 Å². The van der Waals surface area contributed by atoms with Crippen molar-refractivity contribution in [1.29, 1.82) is 0 Å². The first-order valence-electron chi connectivity index (χ1n) is 10.5. The third-order valence-corrected chi connectivity index (χ3v) is 6.68. The van der Waals surface area contributed by atoms with Gasteiger partial charge in [-0.05, 0) is 24.6 Å². The molecule has 0 aliphatic carbocycles. The molecule has 1 fully saturated rings. The van der Waals surface area contributed by atoms with Gasteiger partial charge in [0, 0.05) is 38.1 Å². The third-order valence-electron chi connectivity index (χ3n) is 4.94. The molecular formula is C20H26N6O6S2. The van der Waals surface area contributed by atoms with E-state index in [-0.39, 0.29) is 35.9 Å². The molecule has 0 atom stereocenters. The Hall–Kier alpha value is -3.23. The highest BCUT2D eigenvalue weighted by Crippen LogP contribution is 2.17. The number of amides is 4. The molecule has 12 nitrogen and oxygen atoms in total. The van der Waals surface area contributed by atoms with E-state index in [1.54, 1.807) is 34.2 Å². The van der Waals surface area contributed by atoms with Crippen LogP contribution in [0.2, 0.25) is 0 Å². The molecule has 0 spiro atoms. The highest BCUT2D eigenvalue weighted by Gasteiger charge is 2.25. The summed E-state index contributed by atoms with van der Waals surface area (Å²) in [6.07, 6.45) is -0.356. The Balaban J connectivity index is 1.43. The van der Waals surface area contributed by atoms with Crippen LogP contribution in [0, 0.1) is 0 Å². The predicted molar refractivity (Wildman–Crippen MR) is 125 cm³/mol. The van der Waals surface area contributed by atoms with Gasteiger partial charge in [0.15, 0.2) is 5.13 Å². The van der Waals surface area contributed by atoms with Crippen LogP contribution in [0.4, 0.5) is 14.7 Å². The first kappa shape index (κ1) is 25.4. The SMILES string of the molecule is CCOC(=O)N1CCN(C(=O)Nc2nc(CC(=O)NCc3ccc(S(N)(=O)=O)cc3)cs2)CC1. The Morgan fingerprint density at radius 1 is 1.12 bits per heavy atom. The summed E-state index contributed by atoms with van der Waals surface area (Å²) in [5, 5.41) is 12.6. The van der Waals surface area contributed by atoms with Crippen molar-refractivity contribution in [3.8, 4) is 0 Å². The maximum atomic E-state index is 12.5. The number of primary sulfonamides is 1. The summed E-state index contributed by atoms with van der Waals surface area (Å²) in [6.45, 7) is 3.80. The van der Waals surface area contributed by atoms with Gasteiger partial charge in [0.25, 0.3) is 0 Å². The number of nitrogens with one attached hydrogen (secondary N) is 2. The number of urea groups is 1. The van der Waals surface area contributed by atoms with Gasteiger partial charge in [0.2, 0.25) is 15.9 Å². The second-order valence-corrected chi connectivity index (χ2v) is 9.81. The number of anilines is 1. The molecule has 4 amide bonds. The summed E-state index contributed by atoms with van der Waals surface area (Å²) in [5.74, 6) is -0.270. The molecule has 34 heavy (non-hydrogen) atoms. The van der Waals surface area contributed by atoms with E-state index in [1.807, 2.05) is 0 Å². The average molecular weight is 511 g/mol. The molecule has 4 N–H and O–H groups in total. The lowest BCUT2D eigenvalue weighted by atomic mass is 10.2. The van der Waals surface area contributed by atoms with Crippen LogP contribution < -0.4 is 15.8 Å². The van der Waals surface area contributed by atoms with Gasteiger partial charge in [-0.1, -0.05) is 12.1 Å². The summed E-state index contributed by atoms with van der Waals surface area (Å²) in [6, 6.07) is 5.58. The molecule has 0 bridgehead atoms. The number of hydrogen-bond donors (Lipinski definition) is 3. The molecule has 1 aliphatic rings. The molecule has 1 saturated heterocycles. The number of sulfonamides is 1. The van der Waals surface area contributed by atoms with Crippen molar-refractivity contribution in [3.05, 3.63) is 40.9 Å². The van der Waals surface area contributed by atoms with Gasteiger partial charge in [-0.15, -0.1) is 11.3 Å². The van der Waals surface area contributed by atoms with Gasteiger partial charge < -0.3 is 19.9 Å². The van der Waals surface area contributed by atoms with Crippen molar-refractivity contribution >= 4 is 44.5 Å². The van der Waals surface area contributed by atoms with E-state index < -0.39 is 10.0 Å².